The van der Waals surface area contributed by atoms with E-state index in [1.165, 1.54) is 0 Å². The minimum Gasteiger partial charge on any atom is -0.303 e. The Balaban J connectivity index is 3.47. The van der Waals surface area contributed by atoms with E-state index in [9.17, 15) is 4.39 Å². The zero-order valence-electron chi connectivity index (χ0n) is 6.74. The molecule has 0 heterocycles. The van der Waals surface area contributed by atoms with E-state index in [1.54, 1.807) is 13.8 Å². The van der Waals surface area contributed by atoms with Crippen LogP contribution in [0, 0.1) is 0 Å². The molecule has 0 aliphatic heterocycles. The number of hydrogen-bond acceptors (Lipinski definition) is 1. The summed E-state index contributed by atoms with van der Waals surface area (Å²) in [5.74, 6) is 0. The van der Waals surface area contributed by atoms with Gasteiger partial charge in [0.05, 0.1) is 0 Å². The summed E-state index contributed by atoms with van der Waals surface area (Å²) in [5, 5.41) is 0. The number of alkyl halides is 1. The third kappa shape index (κ3) is 5.77. The van der Waals surface area contributed by atoms with Crippen LogP contribution in [0.1, 0.15) is 20.8 Å². The maximum absolute atomic E-state index is 12.8. The first-order valence-corrected chi connectivity index (χ1v) is 3.33. The van der Waals surface area contributed by atoms with Gasteiger partial charge >= 0.3 is 0 Å². The van der Waals surface area contributed by atoms with Crippen molar-refractivity contribution < 1.29 is 4.39 Å². The van der Waals surface area contributed by atoms with Gasteiger partial charge in [-0.2, -0.15) is 0 Å². The summed E-state index contributed by atoms with van der Waals surface area (Å²) < 4.78 is 12.8. The summed E-state index contributed by atoms with van der Waals surface area (Å²) in [7, 11) is 1.92. The van der Waals surface area contributed by atoms with Crippen LogP contribution in [0.5, 0.6) is 0 Å². The summed E-state index contributed by atoms with van der Waals surface area (Å²) >= 11 is 0. The predicted molar refractivity (Wildman–Crippen MR) is 38.4 cm³/mol. The average molecular weight is 133 g/mol. The van der Waals surface area contributed by atoms with Gasteiger partial charge in [-0.1, -0.05) is 6.92 Å². The van der Waals surface area contributed by atoms with E-state index in [1.807, 2.05) is 18.9 Å². The third-order valence-corrected chi connectivity index (χ3v) is 1.19. The monoisotopic (exact) mass is 133 g/mol. The molecule has 0 atom stereocenters. The van der Waals surface area contributed by atoms with Gasteiger partial charge in [0.15, 0.2) is 0 Å². The second kappa shape index (κ2) is 3.16. The summed E-state index contributed by atoms with van der Waals surface area (Å²) in [4.78, 5) is 1.96. The Hall–Kier alpha value is -0.110. The number of halogens is 1. The average Bonchev–Trinajstić information content (AvgIpc) is 1.62. The molecule has 0 radical (unpaired) electrons. The Morgan fingerprint density at radius 1 is 1.44 bits per heavy atom. The quantitative estimate of drug-likeness (QED) is 0.566. The van der Waals surface area contributed by atoms with E-state index < -0.39 is 5.67 Å². The molecular formula is C7H16FN. The molecule has 56 valence electrons. The maximum atomic E-state index is 12.8. The molecule has 9 heavy (non-hydrogen) atoms. The Kier molecular flexibility index (Phi) is 3.12. The number of hydrogen-bond donors (Lipinski definition) is 0. The van der Waals surface area contributed by atoms with E-state index in [0.717, 1.165) is 6.54 Å². The fraction of sp³-hybridized carbons (Fsp3) is 1.00. The Labute approximate surface area is 56.9 Å². The molecule has 0 aromatic rings. The van der Waals surface area contributed by atoms with Crippen molar-refractivity contribution in [2.24, 2.45) is 0 Å². The molecule has 0 saturated heterocycles. The molecule has 0 saturated carbocycles. The van der Waals surface area contributed by atoms with Crippen LogP contribution in [-0.2, 0) is 0 Å². The van der Waals surface area contributed by atoms with Gasteiger partial charge in [-0.05, 0) is 27.4 Å². The van der Waals surface area contributed by atoms with E-state index in [0.29, 0.717) is 6.54 Å². The van der Waals surface area contributed by atoms with E-state index >= 15 is 0 Å². The Morgan fingerprint density at radius 3 is 2.00 bits per heavy atom. The zero-order valence-corrected chi connectivity index (χ0v) is 6.74. The molecule has 0 aliphatic rings. The van der Waals surface area contributed by atoms with Crippen LogP contribution in [0.4, 0.5) is 4.39 Å². The van der Waals surface area contributed by atoms with Gasteiger partial charge in [0.1, 0.15) is 5.67 Å². The molecule has 0 amide bonds. The number of nitrogens with zero attached hydrogens (tertiary/aromatic N) is 1. The van der Waals surface area contributed by atoms with Crippen molar-refractivity contribution in [1.29, 1.82) is 0 Å². The lowest BCUT2D eigenvalue weighted by atomic mass is 10.1. The van der Waals surface area contributed by atoms with Crippen LogP contribution >= 0.6 is 0 Å². The molecule has 0 spiro atoms. The van der Waals surface area contributed by atoms with Crippen molar-refractivity contribution in [3.8, 4) is 0 Å². The fourth-order valence-corrected chi connectivity index (χ4v) is 0.754. The lowest BCUT2D eigenvalue weighted by Gasteiger charge is -2.21. The molecule has 0 rings (SSSR count). The van der Waals surface area contributed by atoms with Gasteiger partial charge in [-0.15, -0.1) is 0 Å². The van der Waals surface area contributed by atoms with Crippen LogP contribution in [0.25, 0.3) is 0 Å². The maximum Gasteiger partial charge on any atom is 0.118 e. The second-order valence-electron chi connectivity index (χ2n) is 3.05. The standard InChI is InChI=1S/C7H16FN/c1-5-9(4)6-7(2,3)8/h5-6H2,1-4H3. The highest BCUT2D eigenvalue weighted by molar-refractivity contribution is 4.69. The molecule has 0 aromatic carbocycles. The molecule has 0 bridgehead atoms. The van der Waals surface area contributed by atoms with Crippen molar-refractivity contribution in [3.63, 3.8) is 0 Å². The van der Waals surface area contributed by atoms with E-state index in [2.05, 4.69) is 0 Å². The van der Waals surface area contributed by atoms with Crippen molar-refractivity contribution >= 4 is 0 Å². The van der Waals surface area contributed by atoms with Crippen molar-refractivity contribution in [2.45, 2.75) is 26.4 Å². The summed E-state index contributed by atoms with van der Waals surface area (Å²) in [6.45, 7) is 6.64. The van der Waals surface area contributed by atoms with Crippen molar-refractivity contribution in [2.75, 3.05) is 20.1 Å². The van der Waals surface area contributed by atoms with Crippen molar-refractivity contribution in [3.05, 3.63) is 0 Å². The predicted octanol–water partition coefficient (Wildman–Crippen LogP) is 1.69. The number of rotatable bonds is 3. The van der Waals surface area contributed by atoms with Crippen LogP contribution in [0.2, 0.25) is 0 Å². The van der Waals surface area contributed by atoms with Gasteiger partial charge < -0.3 is 4.90 Å². The van der Waals surface area contributed by atoms with E-state index in [4.69, 9.17) is 0 Å². The summed E-state index contributed by atoms with van der Waals surface area (Å²) in [5.41, 5.74) is -1.05. The zero-order chi connectivity index (χ0) is 7.49. The summed E-state index contributed by atoms with van der Waals surface area (Å²) in [6.07, 6.45) is 0. The highest BCUT2D eigenvalue weighted by Gasteiger charge is 2.16. The second-order valence-corrected chi connectivity index (χ2v) is 3.05. The smallest absolute Gasteiger partial charge is 0.118 e. The highest BCUT2D eigenvalue weighted by atomic mass is 19.1. The SMILES string of the molecule is CCN(C)CC(C)(C)F. The lowest BCUT2D eigenvalue weighted by molar-refractivity contribution is 0.147. The molecule has 0 aromatic heterocycles. The first kappa shape index (κ1) is 8.89. The van der Waals surface area contributed by atoms with Gasteiger partial charge in [-0.3, -0.25) is 0 Å². The Morgan fingerprint density at radius 2 is 1.89 bits per heavy atom. The minimum absolute atomic E-state index is 0.517. The first-order valence-electron chi connectivity index (χ1n) is 3.33. The molecule has 0 aliphatic carbocycles. The summed E-state index contributed by atoms with van der Waals surface area (Å²) in [6, 6.07) is 0. The molecular weight excluding hydrogens is 117 g/mol. The van der Waals surface area contributed by atoms with Crippen LogP contribution in [0.3, 0.4) is 0 Å². The molecule has 0 unspecified atom stereocenters. The lowest BCUT2D eigenvalue weighted by Crippen LogP contribution is -2.32. The molecule has 0 fully saturated rings. The van der Waals surface area contributed by atoms with Crippen LogP contribution in [-0.4, -0.2) is 30.7 Å². The van der Waals surface area contributed by atoms with Gasteiger partial charge in [-0.25, -0.2) is 4.39 Å². The molecule has 2 heteroatoms. The fourth-order valence-electron chi connectivity index (χ4n) is 0.754. The van der Waals surface area contributed by atoms with Gasteiger partial charge in [0.25, 0.3) is 0 Å². The topological polar surface area (TPSA) is 3.24 Å². The van der Waals surface area contributed by atoms with Gasteiger partial charge in [0, 0.05) is 6.54 Å². The largest absolute Gasteiger partial charge is 0.303 e. The molecule has 0 N–H and O–H groups in total. The van der Waals surface area contributed by atoms with Crippen LogP contribution < -0.4 is 0 Å². The molecule has 1 nitrogen and oxygen atoms in total. The normalized spacial score (nSPS) is 12.7. The van der Waals surface area contributed by atoms with Gasteiger partial charge in [0.2, 0.25) is 0 Å². The Bertz CT molecular complexity index is 75.5. The van der Waals surface area contributed by atoms with Crippen LogP contribution in [0.15, 0.2) is 0 Å². The van der Waals surface area contributed by atoms with E-state index in [-0.39, 0.29) is 0 Å². The first-order chi connectivity index (χ1) is 3.95. The highest BCUT2D eigenvalue weighted by Crippen LogP contribution is 2.08. The van der Waals surface area contributed by atoms with Crippen molar-refractivity contribution in [1.82, 2.24) is 4.90 Å². The third-order valence-electron chi connectivity index (χ3n) is 1.19. The minimum atomic E-state index is -1.05.